The third kappa shape index (κ3) is 1.94. The van der Waals surface area contributed by atoms with Crippen LogP contribution in [0.2, 0.25) is 0 Å². The molecule has 0 saturated carbocycles. The molecule has 0 aliphatic heterocycles. The van der Waals surface area contributed by atoms with Crippen LogP contribution in [0.25, 0.3) is 0 Å². The van der Waals surface area contributed by atoms with Crippen molar-refractivity contribution in [1.82, 2.24) is 0 Å². The van der Waals surface area contributed by atoms with Crippen LogP contribution < -0.4 is 5.32 Å². The number of nitrogens with one attached hydrogen (secondary N) is 1. The normalized spacial score (nSPS) is 14.4. The number of carbonyl (C=O) groups excluding carboxylic acids is 2. The summed E-state index contributed by atoms with van der Waals surface area (Å²) in [6.07, 6.45) is 1.12. The van der Waals surface area contributed by atoms with Crippen molar-refractivity contribution in [3.8, 4) is 0 Å². The third-order valence-corrected chi connectivity index (χ3v) is 3.19. The second-order valence-electron chi connectivity index (χ2n) is 4.50. The van der Waals surface area contributed by atoms with Gasteiger partial charge in [-0.3, -0.25) is 9.59 Å². The van der Waals surface area contributed by atoms with E-state index in [9.17, 15) is 14.0 Å². The zero-order valence-electron chi connectivity index (χ0n) is 10.4. The Kier molecular flexibility index (Phi) is 3.03. The van der Waals surface area contributed by atoms with Gasteiger partial charge in [0.25, 0.3) is 0 Å². The van der Waals surface area contributed by atoms with Crippen molar-refractivity contribution in [2.45, 2.75) is 26.7 Å². The maximum absolute atomic E-state index is 13.8. The number of Topliss-reactive ketones (excluding diaryl/α,β-unsaturated/α-hetero) is 1. The second kappa shape index (κ2) is 4.37. The molecule has 0 saturated heterocycles. The highest BCUT2D eigenvalue weighted by molar-refractivity contribution is 6.15. The molecule has 0 heterocycles. The number of halogens is 1. The zero-order valence-corrected chi connectivity index (χ0v) is 10.4. The van der Waals surface area contributed by atoms with Crippen molar-refractivity contribution in [3.63, 3.8) is 0 Å². The Morgan fingerprint density at radius 3 is 2.72 bits per heavy atom. The Bertz CT molecular complexity index is 576. The number of allylic oxidation sites excluding steroid dienone is 1. The number of carbonyl (C=O) groups is 2. The monoisotopic (exact) mass is 247 g/mol. The van der Waals surface area contributed by atoms with Crippen LogP contribution >= 0.6 is 0 Å². The van der Waals surface area contributed by atoms with Crippen molar-refractivity contribution in [3.05, 3.63) is 40.7 Å². The predicted molar refractivity (Wildman–Crippen MR) is 67.2 cm³/mol. The lowest BCUT2D eigenvalue weighted by Crippen LogP contribution is -2.20. The number of ketones is 1. The fourth-order valence-electron chi connectivity index (χ4n) is 2.23. The first kappa shape index (κ1) is 12.5. The van der Waals surface area contributed by atoms with Gasteiger partial charge in [-0.2, -0.15) is 0 Å². The average molecular weight is 247 g/mol. The lowest BCUT2D eigenvalue weighted by molar-refractivity contribution is -0.114. The highest BCUT2D eigenvalue weighted by Gasteiger charge is 2.27. The van der Waals surface area contributed by atoms with E-state index >= 15 is 0 Å². The van der Waals surface area contributed by atoms with E-state index in [1.165, 1.54) is 13.0 Å². The Labute approximate surface area is 105 Å². The molecule has 4 heteroatoms. The molecular formula is C14H14FNO2. The second-order valence-corrected chi connectivity index (χ2v) is 4.50. The van der Waals surface area contributed by atoms with E-state index in [0.717, 1.165) is 0 Å². The molecule has 3 nitrogen and oxygen atoms in total. The summed E-state index contributed by atoms with van der Waals surface area (Å²) < 4.78 is 13.8. The molecule has 0 bridgehead atoms. The van der Waals surface area contributed by atoms with E-state index in [1.807, 2.05) is 0 Å². The molecule has 0 aromatic heterocycles. The van der Waals surface area contributed by atoms with Gasteiger partial charge in [0.05, 0.1) is 5.69 Å². The highest BCUT2D eigenvalue weighted by atomic mass is 19.1. The summed E-state index contributed by atoms with van der Waals surface area (Å²) >= 11 is 0. The maximum Gasteiger partial charge on any atom is 0.221 e. The summed E-state index contributed by atoms with van der Waals surface area (Å²) in [4.78, 5) is 23.2. The van der Waals surface area contributed by atoms with Crippen molar-refractivity contribution >= 4 is 17.4 Å². The van der Waals surface area contributed by atoms with Crippen LogP contribution in [-0.2, 0) is 11.2 Å². The number of hydrogen-bond donors (Lipinski definition) is 1. The number of amides is 1. The molecule has 1 aliphatic rings. The molecule has 0 unspecified atom stereocenters. The number of fused-ring (bicyclic) bond motifs is 1. The number of rotatable bonds is 1. The number of hydrogen-bond acceptors (Lipinski definition) is 2. The van der Waals surface area contributed by atoms with Crippen LogP contribution in [0.5, 0.6) is 0 Å². The highest BCUT2D eigenvalue weighted by Crippen LogP contribution is 2.33. The fourth-order valence-corrected chi connectivity index (χ4v) is 2.23. The summed E-state index contributed by atoms with van der Waals surface area (Å²) in [6.45, 7) is 6.68. The molecule has 0 fully saturated rings. The van der Waals surface area contributed by atoms with Crippen LogP contribution in [0.4, 0.5) is 10.1 Å². The molecule has 0 atom stereocenters. The molecular weight excluding hydrogens is 233 g/mol. The predicted octanol–water partition coefficient (Wildman–Crippen LogP) is 2.78. The third-order valence-electron chi connectivity index (χ3n) is 3.19. The molecule has 2 rings (SSSR count). The van der Waals surface area contributed by atoms with Crippen LogP contribution in [0.1, 0.15) is 34.8 Å². The topological polar surface area (TPSA) is 46.2 Å². The van der Waals surface area contributed by atoms with Gasteiger partial charge in [-0.1, -0.05) is 6.58 Å². The summed E-state index contributed by atoms with van der Waals surface area (Å²) in [5.41, 5.74) is 2.28. The van der Waals surface area contributed by atoms with E-state index in [0.29, 0.717) is 35.1 Å². The summed E-state index contributed by atoms with van der Waals surface area (Å²) in [5, 5.41) is 2.51. The SMILES string of the molecule is C=C1CCc2c(C)c(F)cc(NC(C)=O)c2C1=O. The first-order valence-electron chi connectivity index (χ1n) is 5.74. The van der Waals surface area contributed by atoms with Crippen LogP contribution in [0.15, 0.2) is 18.2 Å². The van der Waals surface area contributed by atoms with E-state index in [4.69, 9.17) is 0 Å². The Hall–Kier alpha value is -1.97. The Balaban J connectivity index is 2.68. The van der Waals surface area contributed by atoms with Gasteiger partial charge in [0.1, 0.15) is 5.82 Å². The van der Waals surface area contributed by atoms with Crippen LogP contribution in [0.3, 0.4) is 0 Å². The summed E-state index contributed by atoms with van der Waals surface area (Å²) in [6, 6.07) is 1.20. The Morgan fingerprint density at radius 2 is 2.11 bits per heavy atom. The summed E-state index contributed by atoms with van der Waals surface area (Å²) in [5.74, 6) is -0.939. The minimum atomic E-state index is -0.405. The van der Waals surface area contributed by atoms with Gasteiger partial charge in [-0.05, 0) is 42.5 Å². The van der Waals surface area contributed by atoms with E-state index in [1.54, 1.807) is 6.92 Å². The minimum Gasteiger partial charge on any atom is -0.326 e. The molecule has 1 N–H and O–H groups in total. The van der Waals surface area contributed by atoms with E-state index < -0.39 is 5.82 Å². The molecule has 18 heavy (non-hydrogen) atoms. The molecule has 1 aromatic carbocycles. The lowest BCUT2D eigenvalue weighted by Gasteiger charge is -2.22. The van der Waals surface area contributed by atoms with Crippen molar-refractivity contribution < 1.29 is 14.0 Å². The minimum absolute atomic E-state index is 0.205. The molecule has 1 aliphatic carbocycles. The quantitative estimate of drug-likeness (QED) is 0.775. The molecule has 1 aromatic rings. The van der Waals surface area contributed by atoms with Gasteiger partial charge in [0, 0.05) is 12.5 Å². The lowest BCUT2D eigenvalue weighted by atomic mass is 9.84. The smallest absolute Gasteiger partial charge is 0.221 e. The first-order valence-corrected chi connectivity index (χ1v) is 5.74. The first-order chi connectivity index (χ1) is 8.41. The van der Waals surface area contributed by atoms with E-state index in [2.05, 4.69) is 11.9 Å². The van der Waals surface area contributed by atoms with Gasteiger partial charge in [0.15, 0.2) is 5.78 Å². The van der Waals surface area contributed by atoms with Crippen molar-refractivity contribution in [2.24, 2.45) is 0 Å². The number of anilines is 1. The standard InChI is InChI=1S/C14H14FNO2/c1-7-4-5-10-8(2)11(15)6-12(16-9(3)17)13(10)14(7)18/h6H,1,4-5H2,2-3H3,(H,16,17). The average Bonchev–Trinajstić information content (AvgIpc) is 2.28. The summed E-state index contributed by atoms with van der Waals surface area (Å²) in [7, 11) is 0. The molecule has 1 amide bonds. The van der Waals surface area contributed by atoms with Crippen molar-refractivity contribution in [1.29, 1.82) is 0 Å². The zero-order chi connectivity index (χ0) is 13.4. The van der Waals surface area contributed by atoms with Gasteiger partial charge in [-0.15, -0.1) is 0 Å². The van der Waals surface area contributed by atoms with E-state index in [-0.39, 0.29) is 17.4 Å². The van der Waals surface area contributed by atoms with Gasteiger partial charge in [0.2, 0.25) is 5.91 Å². The van der Waals surface area contributed by atoms with Crippen molar-refractivity contribution in [2.75, 3.05) is 5.32 Å². The van der Waals surface area contributed by atoms with Crippen LogP contribution in [0, 0.1) is 12.7 Å². The Morgan fingerprint density at radius 1 is 1.44 bits per heavy atom. The van der Waals surface area contributed by atoms with Gasteiger partial charge in [-0.25, -0.2) is 4.39 Å². The molecule has 0 spiro atoms. The fraction of sp³-hybridized carbons (Fsp3) is 0.286. The van der Waals surface area contributed by atoms with Gasteiger partial charge >= 0.3 is 0 Å². The molecule has 0 radical (unpaired) electrons. The van der Waals surface area contributed by atoms with Gasteiger partial charge < -0.3 is 5.32 Å². The molecule has 94 valence electrons. The maximum atomic E-state index is 13.8. The van der Waals surface area contributed by atoms with Crippen LogP contribution in [-0.4, -0.2) is 11.7 Å². The largest absolute Gasteiger partial charge is 0.326 e. The number of benzene rings is 1.